The number of anilines is 2. The average Bonchev–Trinajstić information content (AvgIpc) is 2.81. The van der Waals surface area contributed by atoms with Gasteiger partial charge < -0.3 is 20.7 Å². The van der Waals surface area contributed by atoms with Crippen molar-refractivity contribution in [3.8, 4) is 11.3 Å². The van der Waals surface area contributed by atoms with Gasteiger partial charge in [-0.1, -0.05) is 23.2 Å². The van der Waals surface area contributed by atoms with E-state index in [0.717, 1.165) is 57.8 Å². The Morgan fingerprint density at radius 1 is 1.16 bits per heavy atom. The summed E-state index contributed by atoms with van der Waals surface area (Å²) in [5, 5.41) is 10.5. The number of hydrogen-bond acceptors (Lipinski definition) is 6. The van der Waals surface area contributed by atoms with E-state index in [-0.39, 0.29) is 11.8 Å². The van der Waals surface area contributed by atoms with Crippen molar-refractivity contribution in [2.75, 3.05) is 43.5 Å². The number of hydrogen-bond donors (Lipinski definition) is 3. The molecule has 4 heterocycles. The second kappa shape index (κ2) is 10.6. The van der Waals surface area contributed by atoms with Crippen molar-refractivity contribution in [3.05, 3.63) is 34.4 Å². The molecular weight excluding hydrogens is 437 g/mol. The first kappa shape index (κ1) is 22.3. The van der Waals surface area contributed by atoms with E-state index < -0.39 is 0 Å². The fraction of sp³-hybridized carbons (Fsp3) is 0.500. The average molecular weight is 464 g/mol. The summed E-state index contributed by atoms with van der Waals surface area (Å²) in [5.74, 6) is 1.63. The highest BCUT2D eigenvalue weighted by Gasteiger charge is 2.22. The highest BCUT2D eigenvalue weighted by molar-refractivity contribution is 6.36. The van der Waals surface area contributed by atoms with Gasteiger partial charge in [0.1, 0.15) is 11.6 Å². The molecule has 2 aromatic rings. The minimum absolute atomic E-state index is 0.0427. The molecule has 9 heteroatoms. The van der Waals surface area contributed by atoms with Crippen LogP contribution in [-0.2, 0) is 9.53 Å². The smallest absolute Gasteiger partial charge is 0.229 e. The summed E-state index contributed by atoms with van der Waals surface area (Å²) in [6, 6.07) is 5.39. The molecule has 2 aliphatic rings. The maximum Gasteiger partial charge on any atom is 0.229 e. The molecule has 2 aromatic heterocycles. The largest absolute Gasteiger partial charge is 0.381 e. The Morgan fingerprint density at radius 2 is 2.00 bits per heavy atom. The molecule has 4 rings (SSSR count). The lowest BCUT2D eigenvalue weighted by atomic mass is 9.99. The van der Waals surface area contributed by atoms with Gasteiger partial charge in [-0.15, -0.1) is 0 Å². The number of carbonyl (C=O) groups is 1. The molecule has 0 aliphatic carbocycles. The molecule has 1 amide bonds. The minimum Gasteiger partial charge on any atom is -0.381 e. The van der Waals surface area contributed by atoms with Crippen molar-refractivity contribution in [3.63, 3.8) is 0 Å². The Balaban J connectivity index is 1.49. The molecule has 31 heavy (non-hydrogen) atoms. The lowest BCUT2D eigenvalue weighted by Crippen LogP contribution is -2.37. The van der Waals surface area contributed by atoms with Crippen LogP contribution in [0.3, 0.4) is 0 Å². The lowest BCUT2D eigenvalue weighted by Gasteiger charge is -2.22. The molecule has 0 saturated carbocycles. The van der Waals surface area contributed by atoms with Crippen LogP contribution < -0.4 is 16.0 Å². The normalized spacial score (nSPS) is 19.7. The summed E-state index contributed by atoms with van der Waals surface area (Å²) in [6.45, 7) is 4.09. The fourth-order valence-corrected chi connectivity index (χ4v) is 4.32. The number of amides is 1. The summed E-state index contributed by atoms with van der Waals surface area (Å²) >= 11 is 12.9. The van der Waals surface area contributed by atoms with Crippen LogP contribution in [0.4, 0.5) is 11.6 Å². The van der Waals surface area contributed by atoms with Gasteiger partial charge in [0.05, 0.1) is 21.7 Å². The van der Waals surface area contributed by atoms with Crippen LogP contribution in [0, 0.1) is 11.8 Å². The molecule has 2 saturated heterocycles. The number of ether oxygens (including phenoxy) is 1. The number of aromatic nitrogens is 2. The number of halogens is 2. The third kappa shape index (κ3) is 5.86. The number of rotatable bonds is 6. The minimum atomic E-state index is -0.0610. The van der Waals surface area contributed by atoms with Gasteiger partial charge in [0.15, 0.2) is 0 Å². The van der Waals surface area contributed by atoms with Gasteiger partial charge in [0.25, 0.3) is 0 Å². The van der Waals surface area contributed by atoms with Gasteiger partial charge in [-0.25, -0.2) is 9.97 Å². The predicted molar refractivity (Wildman–Crippen MR) is 124 cm³/mol. The van der Waals surface area contributed by atoms with Crippen LogP contribution in [-0.4, -0.2) is 48.7 Å². The maximum atomic E-state index is 12.6. The van der Waals surface area contributed by atoms with Crippen LogP contribution in [0.1, 0.15) is 25.7 Å². The molecule has 0 spiro atoms. The van der Waals surface area contributed by atoms with Crippen molar-refractivity contribution < 1.29 is 9.53 Å². The summed E-state index contributed by atoms with van der Waals surface area (Å²) in [7, 11) is 0. The van der Waals surface area contributed by atoms with Crippen LogP contribution in [0.15, 0.2) is 24.4 Å². The van der Waals surface area contributed by atoms with E-state index in [1.54, 1.807) is 12.1 Å². The number of carbonyl (C=O) groups excluding carboxylic acids is 1. The van der Waals surface area contributed by atoms with Crippen molar-refractivity contribution in [2.24, 2.45) is 11.8 Å². The van der Waals surface area contributed by atoms with Crippen molar-refractivity contribution in [2.45, 2.75) is 25.7 Å². The van der Waals surface area contributed by atoms with Gasteiger partial charge in [-0.05, 0) is 56.3 Å². The molecule has 1 atom stereocenters. The van der Waals surface area contributed by atoms with Gasteiger partial charge in [-0.2, -0.15) is 0 Å². The molecular formula is C22H27Cl2N5O2. The Morgan fingerprint density at radius 3 is 2.77 bits per heavy atom. The van der Waals surface area contributed by atoms with Gasteiger partial charge in [-0.3, -0.25) is 4.79 Å². The van der Waals surface area contributed by atoms with Gasteiger partial charge in [0, 0.05) is 38.1 Å². The van der Waals surface area contributed by atoms with E-state index in [0.29, 0.717) is 39.6 Å². The summed E-state index contributed by atoms with van der Waals surface area (Å²) in [4.78, 5) is 21.5. The monoisotopic (exact) mass is 463 g/mol. The Bertz CT molecular complexity index is 915. The molecule has 2 fully saturated rings. The third-order valence-electron chi connectivity index (χ3n) is 5.79. The number of nitrogens with one attached hydrogen (secondary N) is 3. The van der Waals surface area contributed by atoms with Crippen molar-refractivity contribution >= 4 is 40.7 Å². The number of piperidine rings is 1. The first-order valence-electron chi connectivity index (χ1n) is 10.8. The zero-order chi connectivity index (χ0) is 21.6. The van der Waals surface area contributed by atoms with Crippen molar-refractivity contribution in [1.82, 2.24) is 15.3 Å². The van der Waals surface area contributed by atoms with E-state index in [1.165, 1.54) is 6.20 Å². The maximum absolute atomic E-state index is 12.6. The predicted octanol–water partition coefficient (Wildman–Crippen LogP) is 4.23. The number of nitrogens with zero attached hydrogens (tertiary/aromatic N) is 2. The topological polar surface area (TPSA) is 88.2 Å². The van der Waals surface area contributed by atoms with Crippen molar-refractivity contribution in [1.29, 1.82) is 0 Å². The molecule has 0 bridgehead atoms. The zero-order valence-electron chi connectivity index (χ0n) is 17.3. The van der Waals surface area contributed by atoms with Gasteiger partial charge in [0.2, 0.25) is 5.91 Å². The van der Waals surface area contributed by atoms with Crippen LogP contribution in [0.25, 0.3) is 11.3 Å². The molecule has 3 N–H and O–H groups in total. The molecule has 2 aliphatic heterocycles. The molecule has 1 unspecified atom stereocenters. The Kier molecular flexibility index (Phi) is 7.61. The lowest BCUT2D eigenvalue weighted by molar-refractivity contribution is -0.120. The van der Waals surface area contributed by atoms with E-state index in [4.69, 9.17) is 27.9 Å². The first-order valence-corrected chi connectivity index (χ1v) is 11.5. The molecule has 0 aromatic carbocycles. The van der Waals surface area contributed by atoms with E-state index in [1.807, 2.05) is 6.07 Å². The van der Waals surface area contributed by atoms with Crippen LogP contribution in [0.2, 0.25) is 10.0 Å². The summed E-state index contributed by atoms with van der Waals surface area (Å²) < 4.78 is 5.42. The zero-order valence-corrected chi connectivity index (χ0v) is 18.8. The Hall–Kier alpha value is -1.93. The van der Waals surface area contributed by atoms with E-state index >= 15 is 0 Å². The van der Waals surface area contributed by atoms with E-state index in [9.17, 15) is 4.79 Å². The highest BCUT2D eigenvalue weighted by atomic mass is 35.5. The molecule has 166 valence electrons. The van der Waals surface area contributed by atoms with Gasteiger partial charge >= 0.3 is 0 Å². The van der Waals surface area contributed by atoms with Crippen LogP contribution in [0.5, 0.6) is 0 Å². The first-order chi connectivity index (χ1) is 15.1. The fourth-order valence-electron chi connectivity index (χ4n) is 3.92. The second-order valence-electron chi connectivity index (χ2n) is 8.05. The Labute approximate surface area is 192 Å². The standard InChI is InChI=1S/C22H27Cl2N5O2/c23-17-3-4-19(26-11-14-5-8-31-9-6-14)28-21(17)16-10-20(27-13-18(16)24)29-22(30)15-2-1-7-25-12-15/h3-4,10,13-15,25H,1-2,5-9,11-12H2,(H,26,28)(H,27,29,30). The summed E-state index contributed by atoms with van der Waals surface area (Å²) in [6.07, 6.45) is 5.47. The van der Waals surface area contributed by atoms with E-state index in [2.05, 4.69) is 25.9 Å². The summed E-state index contributed by atoms with van der Waals surface area (Å²) in [5.41, 5.74) is 1.19. The second-order valence-corrected chi connectivity index (χ2v) is 8.86. The molecule has 7 nitrogen and oxygen atoms in total. The third-order valence-corrected chi connectivity index (χ3v) is 6.39. The SMILES string of the molecule is O=C(Nc1cc(-c2nc(NCC3CCOCC3)ccc2Cl)c(Cl)cn1)C1CCCNC1. The van der Waals surface area contributed by atoms with Crippen LogP contribution >= 0.6 is 23.2 Å². The highest BCUT2D eigenvalue weighted by Crippen LogP contribution is 2.34. The quantitative estimate of drug-likeness (QED) is 0.593. The number of pyridine rings is 2. The molecule has 0 radical (unpaired) electrons.